The fourth-order valence-corrected chi connectivity index (χ4v) is 5.12. The zero-order chi connectivity index (χ0) is 26.1. The van der Waals surface area contributed by atoms with Crippen molar-refractivity contribution in [1.82, 2.24) is 0 Å². The highest BCUT2D eigenvalue weighted by atomic mass is 32.1. The molecule has 4 nitrogen and oxygen atoms in total. The number of amides is 1. The fourth-order valence-electron chi connectivity index (χ4n) is 4.28. The average Bonchev–Trinajstić information content (AvgIpc) is 3.67. The van der Waals surface area contributed by atoms with Crippen LogP contribution in [0, 0.1) is 16.8 Å². The number of hydrogen-bond acceptors (Lipinski definition) is 4. The average molecular weight is 524 g/mol. The van der Waals surface area contributed by atoms with Crippen LogP contribution in [0.5, 0.6) is 5.75 Å². The Morgan fingerprint density at radius 2 is 1.70 bits per heavy atom. The molecule has 1 aromatic heterocycles. The molecule has 3 aromatic carbocycles. The molecule has 0 unspecified atom stereocenters. The van der Waals surface area contributed by atoms with Gasteiger partial charge in [0.1, 0.15) is 23.5 Å². The first-order valence-corrected chi connectivity index (χ1v) is 12.6. The van der Waals surface area contributed by atoms with E-state index in [9.17, 15) is 18.0 Å². The van der Waals surface area contributed by atoms with Gasteiger partial charge in [-0.25, -0.2) is 13.6 Å². The Morgan fingerprint density at radius 3 is 2.41 bits per heavy atom. The van der Waals surface area contributed by atoms with Crippen molar-refractivity contribution in [3.63, 3.8) is 0 Å². The van der Waals surface area contributed by atoms with E-state index in [2.05, 4.69) is 29.6 Å². The lowest BCUT2D eigenvalue weighted by Gasteiger charge is -2.15. The Hall–Kier alpha value is -3.78. The Balaban J connectivity index is 1.36. The first-order valence-electron chi connectivity index (χ1n) is 11.8. The van der Waals surface area contributed by atoms with E-state index in [-0.39, 0.29) is 11.3 Å². The van der Waals surface area contributed by atoms with Crippen molar-refractivity contribution in [2.24, 2.45) is 0 Å². The van der Waals surface area contributed by atoms with Gasteiger partial charge < -0.3 is 9.47 Å². The molecule has 0 bridgehead atoms. The van der Waals surface area contributed by atoms with Crippen LogP contribution in [0.3, 0.4) is 0 Å². The Bertz CT molecular complexity index is 1450. The molecule has 0 aliphatic heterocycles. The van der Waals surface area contributed by atoms with E-state index in [0.717, 1.165) is 40.7 Å². The highest BCUT2D eigenvalue weighted by molar-refractivity contribution is 7.14. The van der Waals surface area contributed by atoms with Crippen molar-refractivity contribution in [1.29, 1.82) is 0 Å². The summed E-state index contributed by atoms with van der Waals surface area (Å²) >= 11 is 0.860. The molecule has 8 heteroatoms. The van der Waals surface area contributed by atoms with Gasteiger partial charge in [-0.05, 0) is 66.6 Å². The van der Waals surface area contributed by atoms with E-state index in [1.165, 1.54) is 31.4 Å². The molecule has 1 aliphatic carbocycles. The third-order valence-corrected chi connectivity index (χ3v) is 7.33. The number of ether oxygens (including phenoxy) is 2. The van der Waals surface area contributed by atoms with Crippen LogP contribution < -0.4 is 10.1 Å². The molecule has 0 spiro atoms. The fraction of sp³-hybridized carbons (Fsp3) is 0.207. The number of anilines is 1. The highest BCUT2D eigenvalue weighted by Gasteiger charge is 2.23. The molecule has 0 saturated heterocycles. The van der Waals surface area contributed by atoms with Gasteiger partial charge in [0.2, 0.25) is 0 Å². The summed E-state index contributed by atoms with van der Waals surface area (Å²) in [6.45, 7) is 1.42. The monoisotopic (exact) mass is 523 g/mol. The van der Waals surface area contributed by atoms with Gasteiger partial charge in [0.15, 0.2) is 5.13 Å². The molecule has 1 atom stereocenters. The summed E-state index contributed by atoms with van der Waals surface area (Å²) in [4.78, 5) is 13.0. The van der Waals surface area contributed by atoms with Crippen LogP contribution in [-0.2, 0) is 4.74 Å². The van der Waals surface area contributed by atoms with Crippen LogP contribution in [0.1, 0.15) is 42.9 Å². The second-order valence-corrected chi connectivity index (χ2v) is 9.95. The van der Waals surface area contributed by atoms with Crippen molar-refractivity contribution in [3.05, 3.63) is 94.6 Å². The molecule has 1 saturated carbocycles. The van der Waals surface area contributed by atoms with E-state index in [0.29, 0.717) is 22.1 Å². The second-order valence-electron chi connectivity index (χ2n) is 8.94. The maximum Gasteiger partial charge on any atom is 0.412 e. The Labute approximate surface area is 216 Å². The molecule has 37 heavy (non-hydrogen) atoms. The topological polar surface area (TPSA) is 47.6 Å². The van der Waals surface area contributed by atoms with Crippen molar-refractivity contribution in [3.8, 4) is 27.3 Å². The van der Waals surface area contributed by atoms with Crippen molar-refractivity contribution in [2.45, 2.75) is 31.8 Å². The van der Waals surface area contributed by atoms with Gasteiger partial charge >= 0.3 is 6.09 Å². The van der Waals surface area contributed by atoms with Crippen molar-refractivity contribution in [2.75, 3.05) is 12.4 Å². The quantitative estimate of drug-likeness (QED) is 0.264. The third kappa shape index (κ3) is 5.49. The number of hydrogen-bond donors (Lipinski definition) is 1. The summed E-state index contributed by atoms with van der Waals surface area (Å²) in [6.07, 6.45) is 0.487. The van der Waals surface area contributed by atoms with Gasteiger partial charge in [-0.3, -0.25) is 5.32 Å². The van der Waals surface area contributed by atoms with Crippen LogP contribution in [0.15, 0.2) is 66.7 Å². The first-order chi connectivity index (χ1) is 17.8. The lowest BCUT2D eigenvalue weighted by molar-refractivity contribution is 0.119. The smallest absolute Gasteiger partial charge is 0.412 e. The molecule has 1 fully saturated rings. The van der Waals surface area contributed by atoms with Crippen molar-refractivity contribution >= 4 is 23.1 Å². The predicted molar refractivity (Wildman–Crippen MR) is 139 cm³/mol. The molecule has 1 aliphatic rings. The van der Waals surface area contributed by atoms with Crippen LogP contribution in [0.2, 0.25) is 0 Å². The largest absolute Gasteiger partial charge is 0.496 e. The van der Waals surface area contributed by atoms with Crippen molar-refractivity contribution < 1.29 is 27.4 Å². The number of rotatable bonds is 7. The summed E-state index contributed by atoms with van der Waals surface area (Å²) in [5, 5.41) is 2.02. The summed E-state index contributed by atoms with van der Waals surface area (Å²) in [6, 6.07) is 18.0. The SMILES string of the molecule is COc1cc(-c2sc(F)cc2NC(=O)O[C@H](C)c2cc(F)ccc2F)ccc1-c1ccc(C2CC2)cc1. The summed E-state index contributed by atoms with van der Waals surface area (Å²) in [7, 11) is 1.57. The third-order valence-electron chi connectivity index (χ3n) is 6.35. The molecule has 1 N–H and O–H groups in total. The van der Waals surface area contributed by atoms with Gasteiger partial charge in [0.25, 0.3) is 0 Å². The van der Waals surface area contributed by atoms with Crippen LogP contribution >= 0.6 is 11.3 Å². The van der Waals surface area contributed by atoms with E-state index in [4.69, 9.17) is 9.47 Å². The Morgan fingerprint density at radius 1 is 0.973 bits per heavy atom. The minimum Gasteiger partial charge on any atom is -0.496 e. The predicted octanol–water partition coefficient (Wildman–Crippen LogP) is 8.70. The molecule has 1 heterocycles. The van der Waals surface area contributed by atoms with Gasteiger partial charge in [-0.2, -0.15) is 4.39 Å². The van der Waals surface area contributed by atoms with Gasteiger partial charge in [-0.15, -0.1) is 11.3 Å². The van der Waals surface area contributed by atoms with Crippen LogP contribution in [0.25, 0.3) is 21.6 Å². The number of thiophene rings is 1. The molecule has 0 radical (unpaired) electrons. The minimum atomic E-state index is -1.06. The van der Waals surface area contributed by atoms with Gasteiger partial charge in [0.05, 0.1) is 17.7 Å². The summed E-state index contributed by atoms with van der Waals surface area (Å²) in [5.41, 5.74) is 3.98. The number of carbonyl (C=O) groups is 1. The highest BCUT2D eigenvalue weighted by Crippen LogP contribution is 2.43. The van der Waals surface area contributed by atoms with E-state index >= 15 is 0 Å². The van der Waals surface area contributed by atoms with E-state index in [1.807, 2.05) is 12.1 Å². The molecule has 190 valence electrons. The van der Waals surface area contributed by atoms with Crippen LogP contribution in [-0.4, -0.2) is 13.2 Å². The molecular formula is C29H24F3NO3S. The summed E-state index contributed by atoms with van der Waals surface area (Å²) < 4.78 is 52.7. The number of methoxy groups -OCH3 is 1. The molecular weight excluding hydrogens is 499 g/mol. The molecule has 1 amide bonds. The zero-order valence-electron chi connectivity index (χ0n) is 20.2. The molecule has 4 aromatic rings. The number of nitrogens with one attached hydrogen (secondary N) is 1. The van der Waals surface area contributed by atoms with Crippen LogP contribution in [0.4, 0.5) is 23.7 Å². The lowest BCUT2D eigenvalue weighted by Crippen LogP contribution is -2.16. The number of carbonyl (C=O) groups excluding carboxylic acids is 1. The maximum atomic E-state index is 14.3. The lowest BCUT2D eigenvalue weighted by atomic mass is 9.99. The van der Waals surface area contributed by atoms with Gasteiger partial charge in [0, 0.05) is 17.2 Å². The minimum absolute atomic E-state index is 0.0997. The normalized spacial score (nSPS) is 13.8. The standard InChI is InChI=1S/C29H24F3NO3S/c1-16(23-14-21(30)10-12-24(23)31)36-29(34)33-25-15-27(32)37-28(25)20-9-11-22(26(13-20)35-2)19-7-5-18(6-8-19)17-3-4-17/h5-17H,3-4H2,1-2H3,(H,33,34)/t16-/m1/s1. The first kappa shape index (κ1) is 24.9. The van der Waals surface area contributed by atoms with Gasteiger partial charge in [-0.1, -0.05) is 36.4 Å². The Kier molecular flexibility index (Phi) is 6.93. The maximum absolute atomic E-state index is 14.3. The zero-order valence-corrected chi connectivity index (χ0v) is 21.0. The number of benzene rings is 3. The van der Waals surface area contributed by atoms with E-state index in [1.54, 1.807) is 13.2 Å². The number of halogens is 3. The summed E-state index contributed by atoms with van der Waals surface area (Å²) in [5.74, 6) is -0.0706. The molecule has 5 rings (SSSR count). The van der Waals surface area contributed by atoms with E-state index < -0.39 is 29.0 Å². The second kappa shape index (κ2) is 10.3.